The predicted molar refractivity (Wildman–Crippen MR) is 119 cm³/mol. The smallest absolute Gasteiger partial charge is 0.407 e. The fraction of sp³-hybridized carbons (Fsp3) is 0.286. The van der Waals surface area contributed by atoms with E-state index < -0.39 is 52.6 Å². The Hall–Kier alpha value is -3.68. The van der Waals surface area contributed by atoms with Crippen LogP contribution in [0.25, 0.3) is 0 Å². The maximum absolute atomic E-state index is 12.2. The number of carbonyl (C=O) groups is 3. The SMILES string of the molecule is O=C(CNC(=O)OCc1ccccc1)NCC(=O)NC(Cc1ccc(O)cc1)C(O)S(=O)(=O)O. The highest BCUT2D eigenvalue weighted by molar-refractivity contribution is 7.86. The van der Waals surface area contributed by atoms with E-state index in [0.717, 1.165) is 5.56 Å². The predicted octanol–water partition coefficient (Wildman–Crippen LogP) is -0.332. The van der Waals surface area contributed by atoms with Gasteiger partial charge in [-0.3, -0.25) is 14.1 Å². The summed E-state index contributed by atoms with van der Waals surface area (Å²) in [7, 11) is -4.91. The molecule has 2 unspecified atom stereocenters. The van der Waals surface area contributed by atoms with Crippen LogP contribution in [0, 0.1) is 0 Å². The molecule has 0 spiro atoms. The number of ether oxygens (including phenoxy) is 1. The van der Waals surface area contributed by atoms with Crippen molar-refractivity contribution in [1.29, 1.82) is 0 Å². The van der Waals surface area contributed by atoms with E-state index in [4.69, 9.17) is 9.29 Å². The van der Waals surface area contributed by atoms with E-state index in [1.54, 1.807) is 24.3 Å². The van der Waals surface area contributed by atoms with Gasteiger partial charge in [-0.15, -0.1) is 0 Å². The monoisotopic (exact) mass is 495 g/mol. The van der Waals surface area contributed by atoms with Crippen molar-refractivity contribution in [2.45, 2.75) is 24.5 Å². The summed E-state index contributed by atoms with van der Waals surface area (Å²) in [6, 6.07) is 13.0. The van der Waals surface area contributed by atoms with Gasteiger partial charge in [-0.1, -0.05) is 42.5 Å². The minimum absolute atomic E-state index is 0.00914. The Morgan fingerprint density at radius 2 is 1.50 bits per heavy atom. The topological polar surface area (TPSA) is 191 Å². The van der Waals surface area contributed by atoms with Crippen LogP contribution in [0.2, 0.25) is 0 Å². The number of phenolic OH excluding ortho intramolecular Hbond substituents is 1. The molecule has 34 heavy (non-hydrogen) atoms. The number of rotatable bonds is 11. The fourth-order valence-electron chi connectivity index (χ4n) is 2.74. The van der Waals surface area contributed by atoms with Gasteiger partial charge in [0.15, 0.2) is 0 Å². The third kappa shape index (κ3) is 9.44. The van der Waals surface area contributed by atoms with Gasteiger partial charge in [-0.25, -0.2) is 4.79 Å². The molecule has 2 aromatic carbocycles. The summed E-state index contributed by atoms with van der Waals surface area (Å²) in [4.78, 5) is 35.7. The number of amides is 3. The lowest BCUT2D eigenvalue weighted by atomic mass is 10.1. The van der Waals surface area contributed by atoms with Gasteiger partial charge in [0.2, 0.25) is 17.3 Å². The van der Waals surface area contributed by atoms with Crippen molar-refractivity contribution in [3.63, 3.8) is 0 Å². The Morgan fingerprint density at radius 3 is 2.12 bits per heavy atom. The van der Waals surface area contributed by atoms with Crippen molar-refractivity contribution in [3.8, 4) is 5.75 Å². The maximum atomic E-state index is 12.2. The van der Waals surface area contributed by atoms with Gasteiger partial charge < -0.3 is 30.9 Å². The number of phenols is 1. The quantitative estimate of drug-likeness (QED) is 0.227. The first kappa shape index (κ1) is 26.6. The Labute approximate surface area is 195 Å². The summed E-state index contributed by atoms with van der Waals surface area (Å²) in [6.07, 6.45) is -1.04. The summed E-state index contributed by atoms with van der Waals surface area (Å²) in [5.74, 6) is -1.62. The van der Waals surface area contributed by atoms with E-state index in [2.05, 4.69) is 16.0 Å². The fourth-order valence-corrected chi connectivity index (χ4v) is 3.32. The third-order valence-electron chi connectivity index (χ3n) is 4.44. The second kappa shape index (κ2) is 12.5. The Balaban J connectivity index is 1.80. The molecule has 13 heteroatoms. The van der Waals surface area contributed by atoms with E-state index in [-0.39, 0.29) is 18.8 Å². The molecule has 3 amide bonds. The van der Waals surface area contributed by atoms with Crippen molar-refractivity contribution in [2.24, 2.45) is 0 Å². The molecule has 0 bridgehead atoms. The lowest BCUT2D eigenvalue weighted by Crippen LogP contribution is -2.51. The number of carbonyl (C=O) groups excluding carboxylic acids is 3. The van der Waals surface area contributed by atoms with Gasteiger partial charge in [-0.2, -0.15) is 8.42 Å². The molecule has 0 radical (unpaired) electrons. The molecule has 0 aliphatic carbocycles. The first-order valence-electron chi connectivity index (χ1n) is 9.97. The van der Waals surface area contributed by atoms with Crippen LogP contribution in [0.15, 0.2) is 54.6 Å². The molecule has 0 heterocycles. The second-order valence-electron chi connectivity index (χ2n) is 7.14. The number of hydrogen-bond acceptors (Lipinski definition) is 8. The molecule has 2 rings (SSSR count). The zero-order valence-corrected chi connectivity index (χ0v) is 18.7. The zero-order chi connectivity index (χ0) is 25.1. The van der Waals surface area contributed by atoms with Crippen molar-refractivity contribution in [3.05, 3.63) is 65.7 Å². The van der Waals surface area contributed by atoms with E-state index in [9.17, 15) is 33.0 Å². The minimum atomic E-state index is -4.91. The molecule has 6 N–H and O–H groups in total. The zero-order valence-electron chi connectivity index (χ0n) is 17.9. The lowest BCUT2D eigenvalue weighted by molar-refractivity contribution is -0.126. The second-order valence-corrected chi connectivity index (χ2v) is 8.66. The van der Waals surface area contributed by atoms with Crippen LogP contribution >= 0.6 is 0 Å². The van der Waals surface area contributed by atoms with Crippen molar-refractivity contribution in [2.75, 3.05) is 13.1 Å². The minimum Gasteiger partial charge on any atom is -0.508 e. The number of aromatic hydroxyl groups is 1. The maximum Gasteiger partial charge on any atom is 0.407 e. The van der Waals surface area contributed by atoms with Gasteiger partial charge in [0.1, 0.15) is 18.9 Å². The van der Waals surface area contributed by atoms with E-state index in [1.807, 2.05) is 6.07 Å². The molecule has 0 aliphatic heterocycles. The number of alkyl carbamates (subject to hydrolysis) is 1. The van der Waals surface area contributed by atoms with Crippen molar-refractivity contribution >= 4 is 28.0 Å². The van der Waals surface area contributed by atoms with Crippen molar-refractivity contribution < 1.29 is 42.3 Å². The Bertz CT molecular complexity index is 1080. The van der Waals surface area contributed by atoms with Crippen LogP contribution in [0.5, 0.6) is 5.75 Å². The summed E-state index contributed by atoms with van der Waals surface area (Å²) < 4.78 is 36.8. The molecule has 0 saturated heterocycles. The number of benzene rings is 2. The lowest BCUT2D eigenvalue weighted by Gasteiger charge is -2.22. The highest BCUT2D eigenvalue weighted by atomic mass is 32.2. The first-order chi connectivity index (χ1) is 16.0. The van der Waals surface area contributed by atoms with Crippen LogP contribution in [0.4, 0.5) is 4.79 Å². The normalized spacial score (nSPS) is 12.8. The van der Waals surface area contributed by atoms with Gasteiger partial charge in [0, 0.05) is 0 Å². The average Bonchev–Trinajstić information content (AvgIpc) is 2.80. The van der Waals surface area contributed by atoms with Crippen molar-refractivity contribution in [1.82, 2.24) is 16.0 Å². The molecular weight excluding hydrogens is 470 g/mol. The highest BCUT2D eigenvalue weighted by Gasteiger charge is 2.31. The van der Waals surface area contributed by atoms with Crippen LogP contribution < -0.4 is 16.0 Å². The average molecular weight is 496 g/mol. The van der Waals surface area contributed by atoms with E-state index in [1.165, 1.54) is 24.3 Å². The summed E-state index contributed by atoms with van der Waals surface area (Å²) in [5, 5.41) is 25.9. The molecule has 0 fully saturated rings. The number of aliphatic hydroxyl groups excluding tert-OH is 1. The largest absolute Gasteiger partial charge is 0.508 e. The van der Waals surface area contributed by atoms with Crippen LogP contribution in [0.3, 0.4) is 0 Å². The van der Waals surface area contributed by atoms with Crippen LogP contribution in [0.1, 0.15) is 11.1 Å². The first-order valence-corrected chi connectivity index (χ1v) is 11.5. The number of aliphatic hydroxyl groups is 1. The molecule has 0 aromatic heterocycles. The molecule has 12 nitrogen and oxygen atoms in total. The summed E-state index contributed by atoms with van der Waals surface area (Å²) in [5.41, 5.74) is -1.12. The molecular formula is C21H25N3O9S. The Morgan fingerprint density at radius 1 is 0.882 bits per heavy atom. The van der Waals surface area contributed by atoms with Gasteiger partial charge in [0.25, 0.3) is 10.1 Å². The molecule has 0 aliphatic rings. The van der Waals surface area contributed by atoms with E-state index >= 15 is 0 Å². The van der Waals surface area contributed by atoms with Crippen LogP contribution in [-0.2, 0) is 37.5 Å². The number of nitrogens with one attached hydrogen (secondary N) is 3. The Kier molecular flexibility index (Phi) is 9.79. The third-order valence-corrected chi connectivity index (χ3v) is 5.38. The van der Waals surface area contributed by atoms with Gasteiger partial charge in [-0.05, 0) is 29.7 Å². The molecule has 0 saturated carbocycles. The van der Waals surface area contributed by atoms with Gasteiger partial charge >= 0.3 is 6.09 Å². The number of hydrogen-bond donors (Lipinski definition) is 6. The molecule has 2 aromatic rings. The highest BCUT2D eigenvalue weighted by Crippen LogP contribution is 2.14. The standard InChI is InChI=1S/C21H25N3O9S/c25-16-8-6-14(7-9-16)10-17(20(28)34(30,31)32)24-19(27)12-22-18(26)11-23-21(29)33-13-15-4-2-1-3-5-15/h1-9,17,20,25,28H,10-13H2,(H,22,26)(H,23,29)(H,24,27)(H,30,31,32). The van der Waals surface area contributed by atoms with E-state index in [0.29, 0.717) is 5.56 Å². The van der Waals surface area contributed by atoms with Crippen LogP contribution in [-0.4, -0.2) is 65.7 Å². The molecule has 184 valence electrons. The summed E-state index contributed by atoms with van der Waals surface area (Å²) in [6.45, 7) is -1.06. The molecule has 2 atom stereocenters. The van der Waals surface area contributed by atoms with Gasteiger partial charge in [0.05, 0.1) is 12.6 Å². The summed E-state index contributed by atoms with van der Waals surface area (Å²) >= 11 is 0.